The maximum atomic E-state index is 13.2. The summed E-state index contributed by atoms with van der Waals surface area (Å²) in [5.74, 6) is -0.832. The van der Waals surface area contributed by atoms with Crippen LogP contribution in [0.15, 0.2) is 48.5 Å². The summed E-state index contributed by atoms with van der Waals surface area (Å²) in [6, 6.07) is 13.2. The molecule has 0 bridgehead atoms. The highest BCUT2D eigenvalue weighted by Crippen LogP contribution is 2.33. The van der Waals surface area contributed by atoms with E-state index in [2.05, 4.69) is 20.9 Å². The van der Waals surface area contributed by atoms with Crippen LogP contribution in [0, 0.1) is 12.7 Å². The van der Waals surface area contributed by atoms with E-state index in [1.54, 1.807) is 25.1 Å². The molecule has 2 amide bonds. The molecule has 1 aliphatic rings. The number of anilines is 1. The first kappa shape index (κ1) is 21.6. The first-order valence-electron chi connectivity index (χ1n) is 10.4. The van der Waals surface area contributed by atoms with E-state index in [0.29, 0.717) is 30.1 Å². The third kappa shape index (κ3) is 4.67. The summed E-state index contributed by atoms with van der Waals surface area (Å²) in [5.41, 5.74) is 2.76. The summed E-state index contributed by atoms with van der Waals surface area (Å²) in [7, 11) is 0. The van der Waals surface area contributed by atoms with Crippen LogP contribution in [0.5, 0.6) is 0 Å². The van der Waals surface area contributed by atoms with E-state index in [1.165, 1.54) is 23.7 Å². The number of halogens is 1. The van der Waals surface area contributed by atoms with Crippen molar-refractivity contribution in [3.63, 3.8) is 0 Å². The van der Waals surface area contributed by atoms with E-state index < -0.39 is 5.91 Å². The van der Waals surface area contributed by atoms with Crippen LogP contribution in [0.1, 0.15) is 47.6 Å². The van der Waals surface area contributed by atoms with E-state index in [0.717, 1.165) is 12.0 Å². The zero-order chi connectivity index (χ0) is 22.7. The molecule has 9 heteroatoms. The lowest BCUT2D eigenvalue weighted by Gasteiger charge is -2.31. The maximum absolute atomic E-state index is 13.2. The first-order valence-corrected chi connectivity index (χ1v) is 10.4. The molecule has 8 nitrogen and oxygen atoms in total. The van der Waals surface area contributed by atoms with Crippen molar-refractivity contribution in [1.29, 1.82) is 0 Å². The van der Waals surface area contributed by atoms with Crippen LogP contribution in [0.3, 0.4) is 0 Å². The Labute approximate surface area is 184 Å². The Kier molecular flexibility index (Phi) is 6.27. The average molecular weight is 437 g/mol. The summed E-state index contributed by atoms with van der Waals surface area (Å²) < 4.78 is 20.6. The third-order valence-electron chi connectivity index (χ3n) is 5.43. The molecule has 0 unspecified atom stereocenters. The monoisotopic (exact) mass is 437 g/mol. The van der Waals surface area contributed by atoms with Crippen LogP contribution >= 0.6 is 0 Å². The minimum atomic E-state index is -0.405. The number of rotatable bonds is 5. The number of carbonyl (C=O) groups is 2. The zero-order valence-electron chi connectivity index (χ0n) is 17.8. The van der Waals surface area contributed by atoms with Gasteiger partial charge in [0.1, 0.15) is 5.82 Å². The van der Waals surface area contributed by atoms with E-state index in [4.69, 9.17) is 4.74 Å². The molecule has 166 valence electrons. The number of hydrogen-bond donors (Lipinski definition) is 2. The predicted octanol–water partition coefficient (Wildman–Crippen LogP) is 3.32. The number of benzene rings is 2. The Bertz CT molecular complexity index is 1130. The van der Waals surface area contributed by atoms with Gasteiger partial charge in [-0.15, -0.1) is 5.10 Å². The molecule has 0 radical (unpaired) electrons. The Morgan fingerprint density at radius 2 is 1.91 bits per heavy atom. The van der Waals surface area contributed by atoms with Crippen molar-refractivity contribution in [3.05, 3.63) is 71.3 Å². The van der Waals surface area contributed by atoms with Crippen molar-refractivity contribution < 1.29 is 18.7 Å². The minimum Gasteiger partial charge on any atom is -0.373 e. The molecular weight excluding hydrogens is 413 g/mol. The molecule has 2 heterocycles. The summed E-state index contributed by atoms with van der Waals surface area (Å²) in [5, 5.41) is 13.9. The fourth-order valence-corrected chi connectivity index (χ4v) is 3.87. The van der Waals surface area contributed by atoms with Crippen molar-refractivity contribution in [2.75, 3.05) is 11.9 Å². The van der Waals surface area contributed by atoms with Gasteiger partial charge in [0.05, 0.1) is 17.5 Å². The molecule has 0 saturated carbocycles. The molecule has 2 atom stereocenters. The molecule has 32 heavy (non-hydrogen) atoms. The number of nitrogens with zero attached hydrogens (tertiary/aromatic N) is 3. The second-order valence-electron chi connectivity index (χ2n) is 7.73. The molecule has 1 aliphatic heterocycles. The lowest BCUT2D eigenvalue weighted by atomic mass is 9.96. The van der Waals surface area contributed by atoms with Crippen molar-refractivity contribution >= 4 is 17.5 Å². The summed E-state index contributed by atoms with van der Waals surface area (Å²) in [6.07, 6.45) is 1.11. The second kappa shape index (κ2) is 9.27. The minimum absolute atomic E-state index is 0.0212. The number of carbonyl (C=O) groups excluding carboxylic acids is 2. The van der Waals surface area contributed by atoms with Gasteiger partial charge in [-0.1, -0.05) is 23.4 Å². The van der Waals surface area contributed by atoms with Crippen LogP contribution in [0.25, 0.3) is 5.69 Å². The molecule has 2 aromatic carbocycles. The van der Waals surface area contributed by atoms with Crippen LogP contribution < -0.4 is 10.6 Å². The van der Waals surface area contributed by atoms with E-state index in [9.17, 15) is 14.0 Å². The topological polar surface area (TPSA) is 98.1 Å². The Balaban J connectivity index is 1.54. The highest BCUT2D eigenvalue weighted by Gasteiger charge is 2.27. The second-order valence-corrected chi connectivity index (χ2v) is 7.73. The van der Waals surface area contributed by atoms with Gasteiger partial charge in [0, 0.05) is 30.8 Å². The molecule has 0 spiro atoms. The number of amides is 2. The van der Waals surface area contributed by atoms with E-state index >= 15 is 0 Å². The van der Waals surface area contributed by atoms with Crippen molar-refractivity contribution in [2.45, 2.75) is 38.8 Å². The molecule has 1 saturated heterocycles. The van der Waals surface area contributed by atoms with Gasteiger partial charge < -0.3 is 15.4 Å². The molecule has 0 aliphatic carbocycles. The smallest absolute Gasteiger partial charge is 0.278 e. The van der Waals surface area contributed by atoms with Gasteiger partial charge in [-0.25, -0.2) is 9.07 Å². The highest BCUT2D eigenvalue weighted by atomic mass is 19.1. The molecule has 4 rings (SSSR count). The molecule has 1 fully saturated rings. The predicted molar refractivity (Wildman–Crippen MR) is 116 cm³/mol. The number of aromatic nitrogens is 3. The third-order valence-corrected chi connectivity index (χ3v) is 5.43. The highest BCUT2D eigenvalue weighted by molar-refractivity contribution is 6.04. The number of hydrogen-bond acceptors (Lipinski definition) is 5. The summed E-state index contributed by atoms with van der Waals surface area (Å²) in [4.78, 5) is 24.4. The van der Waals surface area contributed by atoms with Gasteiger partial charge in [0.25, 0.3) is 5.91 Å². The fraction of sp³-hybridized carbons (Fsp3) is 0.304. The number of ether oxygens (including phenoxy) is 1. The van der Waals surface area contributed by atoms with E-state index in [-0.39, 0.29) is 29.6 Å². The zero-order valence-corrected chi connectivity index (χ0v) is 17.8. The number of nitrogens with one attached hydrogen (secondary N) is 2. The quantitative estimate of drug-likeness (QED) is 0.638. The van der Waals surface area contributed by atoms with Crippen molar-refractivity contribution in [3.8, 4) is 5.69 Å². The summed E-state index contributed by atoms with van der Waals surface area (Å²) in [6.45, 7) is 3.75. The first-order chi connectivity index (χ1) is 15.4. The van der Waals surface area contributed by atoms with E-state index in [1.807, 2.05) is 18.2 Å². The molecular formula is C23H24FN5O3. The van der Waals surface area contributed by atoms with Crippen LogP contribution in [0.2, 0.25) is 0 Å². The van der Waals surface area contributed by atoms with Gasteiger partial charge >= 0.3 is 0 Å². The standard InChI is InChI=1S/C23H24FN5O3/c1-14-22(27-28-29(14)18-9-7-16(24)8-10-18)23(31)26-20-6-4-3-5-19(20)21-13-17(11-12-32-21)25-15(2)30/h3-10,17,21H,11-13H2,1-2H3,(H,25,30)(H,26,31)/t17-,21+/m1/s1. The van der Waals surface area contributed by atoms with Crippen LogP contribution in [-0.4, -0.2) is 39.5 Å². The maximum Gasteiger partial charge on any atom is 0.278 e. The van der Waals surface area contributed by atoms with Crippen LogP contribution in [0.4, 0.5) is 10.1 Å². The largest absolute Gasteiger partial charge is 0.373 e. The normalized spacial score (nSPS) is 18.2. The van der Waals surface area contributed by atoms with Gasteiger partial charge in [0.2, 0.25) is 5.91 Å². The van der Waals surface area contributed by atoms with Gasteiger partial charge in [-0.3, -0.25) is 9.59 Å². The summed E-state index contributed by atoms with van der Waals surface area (Å²) >= 11 is 0. The van der Waals surface area contributed by atoms with Crippen LogP contribution in [-0.2, 0) is 9.53 Å². The van der Waals surface area contributed by atoms with Crippen molar-refractivity contribution in [1.82, 2.24) is 20.3 Å². The number of para-hydroxylation sites is 1. The fourth-order valence-electron chi connectivity index (χ4n) is 3.87. The van der Waals surface area contributed by atoms with Gasteiger partial charge in [-0.05, 0) is 50.1 Å². The lowest BCUT2D eigenvalue weighted by molar-refractivity contribution is -0.120. The Hall–Kier alpha value is -3.59. The molecule has 1 aromatic heterocycles. The molecule has 3 aromatic rings. The lowest BCUT2D eigenvalue weighted by Crippen LogP contribution is -2.38. The average Bonchev–Trinajstić information content (AvgIpc) is 3.16. The van der Waals surface area contributed by atoms with Crippen molar-refractivity contribution in [2.24, 2.45) is 0 Å². The molecule has 2 N–H and O–H groups in total. The SMILES string of the molecule is CC(=O)N[C@@H]1CCO[C@H](c2ccccc2NC(=O)c2nnn(-c3ccc(F)cc3)c2C)C1. The Morgan fingerprint density at radius 1 is 1.16 bits per heavy atom. The van der Waals surface area contributed by atoms with Gasteiger partial charge in [-0.2, -0.15) is 0 Å². The Morgan fingerprint density at radius 3 is 2.66 bits per heavy atom. The van der Waals surface area contributed by atoms with Gasteiger partial charge in [0.15, 0.2) is 5.69 Å².